The number of nitrogens with one attached hydrogen (secondary N) is 1. The molecule has 0 fully saturated rings. The highest BCUT2D eigenvalue weighted by molar-refractivity contribution is 5.43. The van der Waals surface area contributed by atoms with Gasteiger partial charge in [0.25, 0.3) is 0 Å². The van der Waals surface area contributed by atoms with E-state index in [0.717, 1.165) is 11.1 Å². The van der Waals surface area contributed by atoms with Crippen LogP contribution in [-0.2, 0) is 9.57 Å². The van der Waals surface area contributed by atoms with Gasteiger partial charge in [0.2, 0.25) is 6.04 Å². The largest absolute Gasteiger partial charge is 0.413 e. The first-order chi connectivity index (χ1) is 9.99. The molecule has 0 aromatic carbocycles. The Balaban J connectivity index is 2.42. The van der Waals surface area contributed by atoms with E-state index in [4.69, 9.17) is 14.8 Å². The molecule has 1 aliphatic heterocycles. The van der Waals surface area contributed by atoms with E-state index in [9.17, 15) is 10.1 Å². The lowest BCUT2D eigenvalue weighted by Crippen LogP contribution is -2.38. The van der Waals surface area contributed by atoms with Crippen LogP contribution in [0.5, 0.6) is 0 Å². The van der Waals surface area contributed by atoms with E-state index >= 15 is 0 Å². The molecule has 1 heterocycles. The van der Waals surface area contributed by atoms with Crippen molar-refractivity contribution in [3.63, 3.8) is 0 Å². The van der Waals surface area contributed by atoms with Gasteiger partial charge in [-0.2, -0.15) is 5.26 Å². The minimum atomic E-state index is -0.862. The molecule has 114 valence electrons. The molecular weight excluding hydrogens is 274 g/mol. The van der Waals surface area contributed by atoms with Crippen molar-refractivity contribution in [2.45, 2.75) is 44.9 Å². The molecule has 1 unspecified atom stereocenters. The van der Waals surface area contributed by atoms with E-state index in [1.54, 1.807) is 13.2 Å². The van der Waals surface area contributed by atoms with Gasteiger partial charge in [-0.1, -0.05) is 0 Å². The highest BCUT2D eigenvalue weighted by atomic mass is 16.7. The average molecular weight is 293 g/mol. The maximum atomic E-state index is 11.3. The number of ether oxygens (including phenoxy) is 1. The predicted molar refractivity (Wildman–Crippen MR) is 74.4 cm³/mol. The van der Waals surface area contributed by atoms with Crippen LogP contribution in [0.4, 0.5) is 0 Å². The van der Waals surface area contributed by atoms with Crippen molar-refractivity contribution in [3.8, 4) is 6.07 Å². The second kappa shape index (κ2) is 6.24. The minimum absolute atomic E-state index is 0.0474. The van der Waals surface area contributed by atoms with Gasteiger partial charge in [0.05, 0.1) is 18.2 Å². The van der Waals surface area contributed by atoms with Crippen molar-refractivity contribution < 1.29 is 14.5 Å². The summed E-state index contributed by atoms with van der Waals surface area (Å²) in [7, 11) is 1.58. The second-order valence-corrected chi connectivity index (χ2v) is 5.39. The van der Waals surface area contributed by atoms with Gasteiger partial charge >= 0.3 is 0 Å². The third kappa shape index (κ3) is 2.91. The summed E-state index contributed by atoms with van der Waals surface area (Å²) < 4.78 is 5.50. The molecule has 21 heavy (non-hydrogen) atoms. The monoisotopic (exact) mass is 293 g/mol. The van der Waals surface area contributed by atoms with Crippen LogP contribution in [0.25, 0.3) is 0 Å². The van der Waals surface area contributed by atoms with Crippen molar-refractivity contribution >= 4 is 0 Å². The highest BCUT2D eigenvalue weighted by Crippen LogP contribution is 2.37. The summed E-state index contributed by atoms with van der Waals surface area (Å²) in [6.07, 6.45) is 1.99. The number of nitro groups is 1. The Hall–Kier alpha value is -1.91. The summed E-state index contributed by atoms with van der Waals surface area (Å²) in [5.74, 6) is 0.377. The molecule has 7 heteroatoms. The number of allylic oxidation sites excluding steroid dienone is 1. The Morgan fingerprint density at radius 2 is 2.38 bits per heavy atom. The van der Waals surface area contributed by atoms with Gasteiger partial charge in [0.1, 0.15) is 5.76 Å². The smallest absolute Gasteiger partial charge is 0.235 e. The first kappa shape index (κ1) is 15.5. The van der Waals surface area contributed by atoms with E-state index in [2.05, 4.69) is 5.48 Å². The van der Waals surface area contributed by atoms with E-state index in [-0.39, 0.29) is 29.4 Å². The lowest BCUT2D eigenvalue weighted by atomic mass is 9.78. The first-order valence-electron chi connectivity index (χ1n) is 6.88. The molecule has 0 amide bonds. The maximum Gasteiger partial charge on any atom is 0.235 e. The van der Waals surface area contributed by atoms with E-state index in [1.807, 2.05) is 19.9 Å². The van der Waals surface area contributed by atoms with E-state index in [1.165, 1.54) is 0 Å². The number of hydroxylamine groups is 1. The standard InChI is InChI=1S/C14H19N3O4/c1-8-14(9(2)21-16-8)11-7-12(17(18)19)10(4-5-15)6-13(11)20-3/h7-8,10,12-13,16H,4,6H2,1-3H3/t8-,10?,12+,13+/m1/s1. The van der Waals surface area contributed by atoms with Crippen molar-refractivity contribution in [2.75, 3.05) is 7.11 Å². The van der Waals surface area contributed by atoms with Crippen LogP contribution < -0.4 is 5.48 Å². The Morgan fingerprint density at radius 1 is 1.67 bits per heavy atom. The van der Waals surface area contributed by atoms with Gasteiger partial charge in [-0.05, 0) is 31.9 Å². The number of hydrogen-bond acceptors (Lipinski definition) is 6. The van der Waals surface area contributed by atoms with Gasteiger partial charge in [-0.15, -0.1) is 5.48 Å². The normalized spacial score (nSPS) is 32.4. The fourth-order valence-electron chi connectivity index (χ4n) is 3.06. The third-order valence-electron chi connectivity index (χ3n) is 4.09. The van der Waals surface area contributed by atoms with Gasteiger partial charge in [0.15, 0.2) is 0 Å². The Labute approximate surface area is 123 Å². The summed E-state index contributed by atoms with van der Waals surface area (Å²) in [5.41, 5.74) is 4.55. The number of rotatable bonds is 4. The zero-order valence-electron chi connectivity index (χ0n) is 12.3. The molecule has 0 aromatic rings. The molecule has 4 atom stereocenters. The molecule has 0 bridgehead atoms. The van der Waals surface area contributed by atoms with Crippen molar-refractivity contribution in [2.24, 2.45) is 5.92 Å². The SMILES string of the molecule is CO[C@H]1CC(CC#N)[C@@H]([N+](=O)[O-])C=C1C1=C(C)ON[C@@H]1C. The van der Waals surface area contributed by atoms with Gasteiger partial charge in [-0.25, -0.2) is 0 Å². The minimum Gasteiger partial charge on any atom is -0.413 e. The lowest BCUT2D eigenvalue weighted by molar-refractivity contribution is -0.520. The number of methoxy groups -OCH3 is 1. The predicted octanol–water partition coefficient (Wildman–Crippen LogP) is 1.70. The summed E-state index contributed by atoms with van der Waals surface area (Å²) in [6, 6.07) is 1.12. The first-order valence-corrected chi connectivity index (χ1v) is 6.88. The molecule has 2 aliphatic rings. The molecule has 1 N–H and O–H groups in total. The van der Waals surface area contributed by atoms with Crippen LogP contribution in [0.15, 0.2) is 23.0 Å². The summed E-state index contributed by atoms with van der Waals surface area (Å²) in [6.45, 7) is 3.75. The van der Waals surface area contributed by atoms with E-state index in [0.29, 0.717) is 12.2 Å². The average Bonchev–Trinajstić information content (AvgIpc) is 2.78. The molecule has 2 rings (SSSR count). The molecule has 0 aromatic heterocycles. The molecule has 0 spiro atoms. The third-order valence-corrected chi connectivity index (χ3v) is 4.09. The Morgan fingerprint density at radius 3 is 2.86 bits per heavy atom. The zero-order valence-corrected chi connectivity index (χ0v) is 12.3. The Bertz CT molecular complexity index is 535. The molecule has 0 radical (unpaired) electrons. The zero-order chi connectivity index (χ0) is 15.6. The number of hydrogen-bond donors (Lipinski definition) is 1. The maximum absolute atomic E-state index is 11.3. The van der Waals surface area contributed by atoms with Crippen LogP contribution >= 0.6 is 0 Å². The molecular formula is C14H19N3O4. The van der Waals surface area contributed by atoms with Gasteiger partial charge < -0.3 is 9.57 Å². The molecule has 1 aliphatic carbocycles. The van der Waals surface area contributed by atoms with Crippen molar-refractivity contribution in [1.29, 1.82) is 5.26 Å². The fourth-order valence-corrected chi connectivity index (χ4v) is 3.06. The number of nitrogens with zero attached hydrogens (tertiary/aromatic N) is 2. The number of nitriles is 1. The second-order valence-electron chi connectivity index (χ2n) is 5.39. The fraction of sp³-hybridized carbons (Fsp3) is 0.643. The van der Waals surface area contributed by atoms with Crippen molar-refractivity contribution in [1.82, 2.24) is 5.48 Å². The summed E-state index contributed by atoms with van der Waals surface area (Å²) >= 11 is 0. The van der Waals surface area contributed by atoms with E-state index < -0.39 is 6.04 Å². The lowest BCUT2D eigenvalue weighted by Gasteiger charge is -2.31. The van der Waals surface area contributed by atoms with Crippen LogP contribution in [0.1, 0.15) is 26.7 Å². The molecule has 0 saturated carbocycles. The Kier molecular flexibility index (Phi) is 4.60. The topological polar surface area (TPSA) is 97.4 Å². The molecule has 7 nitrogen and oxygen atoms in total. The van der Waals surface area contributed by atoms with Crippen molar-refractivity contribution in [3.05, 3.63) is 33.1 Å². The van der Waals surface area contributed by atoms with Gasteiger partial charge in [-0.3, -0.25) is 10.1 Å². The van der Waals surface area contributed by atoms with Crippen LogP contribution in [-0.4, -0.2) is 30.2 Å². The summed E-state index contributed by atoms with van der Waals surface area (Å²) in [5, 5.41) is 20.2. The quantitative estimate of drug-likeness (QED) is 0.626. The van der Waals surface area contributed by atoms with Crippen LogP contribution in [0, 0.1) is 27.4 Å². The van der Waals surface area contributed by atoms with Gasteiger partial charge in [0, 0.05) is 29.9 Å². The van der Waals surface area contributed by atoms with Crippen LogP contribution in [0.2, 0.25) is 0 Å². The summed E-state index contributed by atoms with van der Waals surface area (Å²) in [4.78, 5) is 16.3. The highest BCUT2D eigenvalue weighted by Gasteiger charge is 2.41. The van der Waals surface area contributed by atoms with Crippen LogP contribution in [0.3, 0.4) is 0 Å². The molecule has 0 saturated heterocycles.